The Hall–Kier alpha value is -2.52. The van der Waals surface area contributed by atoms with Crippen LogP contribution in [0.25, 0.3) is 0 Å². The van der Waals surface area contributed by atoms with E-state index in [1.807, 2.05) is 4.90 Å². The van der Waals surface area contributed by atoms with Crippen molar-refractivity contribution in [1.82, 2.24) is 14.3 Å². The average molecular weight is 486 g/mol. The van der Waals surface area contributed by atoms with E-state index in [4.69, 9.17) is 0 Å². The quantitative estimate of drug-likeness (QED) is 0.609. The van der Waals surface area contributed by atoms with E-state index in [-0.39, 0.29) is 16.7 Å². The summed E-state index contributed by atoms with van der Waals surface area (Å²) in [7, 11) is -3.59. The number of benzene rings is 1. The number of rotatable bonds is 8. The maximum atomic E-state index is 13.1. The summed E-state index contributed by atoms with van der Waals surface area (Å²) in [5, 5.41) is 2.98. The minimum absolute atomic E-state index is 0.0460. The summed E-state index contributed by atoms with van der Waals surface area (Å²) in [6.07, 6.45) is 12.8. The number of anilines is 2. The van der Waals surface area contributed by atoms with Gasteiger partial charge in [0.05, 0.1) is 11.1 Å². The molecule has 4 rings (SSSR count). The van der Waals surface area contributed by atoms with Crippen LogP contribution in [0, 0.1) is 11.8 Å². The van der Waals surface area contributed by atoms with Crippen LogP contribution >= 0.6 is 0 Å². The lowest BCUT2D eigenvalue weighted by atomic mass is 9.79. The second-order valence-electron chi connectivity index (χ2n) is 9.33. The van der Waals surface area contributed by atoms with Gasteiger partial charge in [-0.25, -0.2) is 13.4 Å². The van der Waals surface area contributed by atoms with Crippen LogP contribution in [0.15, 0.2) is 47.8 Å². The lowest BCUT2D eigenvalue weighted by Gasteiger charge is -2.34. The standard InChI is InChI=1S/C25H35N5O3S/c1-2-3-4-20-5-7-21(8-6-20)25(31)28-22-9-11-23(12-10-22)34(32,33)30-17-15-29(16-18-30)24-19-26-13-14-27-24/h9-14,19-21H,2-8,15-18H2,1H3,(H,28,31). The Bertz CT molecular complexity index is 1030. The normalized spacial score (nSPS) is 21.9. The fourth-order valence-electron chi connectivity index (χ4n) is 4.92. The summed E-state index contributed by atoms with van der Waals surface area (Å²) in [5.41, 5.74) is 0.643. The number of hydrogen-bond acceptors (Lipinski definition) is 6. The van der Waals surface area contributed by atoms with Crippen molar-refractivity contribution in [3.05, 3.63) is 42.9 Å². The third-order valence-corrected chi connectivity index (χ3v) is 8.97. The van der Waals surface area contributed by atoms with Crippen LogP contribution in [0.3, 0.4) is 0 Å². The van der Waals surface area contributed by atoms with Gasteiger partial charge in [0.2, 0.25) is 15.9 Å². The molecule has 2 fully saturated rings. The van der Waals surface area contributed by atoms with E-state index in [1.165, 1.54) is 23.6 Å². The topological polar surface area (TPSA) is 95.5 Å². The predicted octanol–water partition coefficient (Wildman–Crippen LogP) is 3.92. The molecule has 0 bridgehead atoms. The third kappa shape index (κ3) is 5.93. The van der Waals surface area contributed by atoms with Gasteiger partial charge in [0.1, 0.15) is 5.82 Å². The Labute approximate surface area is 202 Å². The molecular weight excluding hydrogens is 450 g/mol. The van der Waals surface area contributed by atoms with Gasteiger partial charge in [-0.3, -0.25) is 9.78 Å². The van der Waals surface area contributed by atoms with E-state index in [9.17, 15) is 13.2 Å². The number of nitrogens with one attached hydrogen (secondary N) is 1. The van der Waals surface area contributed by atoms with Gasteiger partial charge in [-0.2, -0.15) is 4.31 Å². The van der Waals surface area contributed by atoms with Crippen molar-refractivity contribution in [3.63, 3.8) is 0 Å². The zero-order chi connectivity index (χ0) is 24.0. The van der Waals surface area contributed by atoms with E-state index < -0.39 is 10.0 Å². The van der Waals surface area contributed by atoms with Crippen molar-refractivity contribution < 1.29 is 13.2 Å². The highest BCUT2D eigenvalue weighted by Gasteiger charge is 2.29. The molecule has 184 valence electrons. The molecule has 2 aliphatic rings. The number of carbonyl (C=O) groups excluding carboxylic acids is 1. The number of sulfonamides is 1. The van der Waals surface area contributed by atoms with Gasteiger partial charge < -0.3 is 10.2 Å². The molecular formula is C25H35N5O3S. The Morgan fingerprint density at radius 1 is 1.03 bits per heavy atom. The van der Waals surface area contributed by atoms with Crippen molar-refractivity contribution in [3.8, 4) is 0 Å². The molecule has 1 saturated heterocycles. The van der Waals surface area contributed by atoms with Gasteiger partial charge in [0.25, 0.3) is 0 Å². The maximum Gasteiger partial charge on any atom is 0.243 e. The Balaban J connectivity index is 1.29. The lowest BCUT2D eigenvalue weighted by molar-refractivity contribution is -0.121. The highest BCUT2D eigenvalue weighted by Crippen LogP contribution is 2.32. The fourth-order valence-corrected chi connectivity index (χ4v) is 6.34. The predicted molar refractivity (Wildman–Crippen MR) is 133 cm³/mol. The first kappa shape index (κ1) is 24.6. The third-order valence-electron chi connectivity index (χ3n) is 7.06. The highest BCUT2D eigenvalue weighted by atomic mass is 32.2. The zero-order valence-corrected chi connectivity index (χ0v) is 20.7. The molecule has 1 saturated carbocycles. The number of amides is 1. The van der Waals surface area contributed by atoms with Crippen LogP contribution in [0.5, 0.6) is 0 Å². The summed E-state index contributed by atoms with van der Waals surface area (Å²) >= 11 is 0. The minimum Gasteiger partial charge on any atom is -0.353 e. The van der Waals surface area contributed by atoms with E-state index in [2.05, 4.69) is 22.2 Å². The monoisotopic (exact) mass is 485 g/mol. The van der Waals surface area contributed by atoms with E-state index in [1.54, 1.807) is 42.9 Å². The van der Waals surface area contributed by atoms with Gasteiger partial charge in [-0.1, -0.05) is 26.2 Å². The van der Waals surface area contributed by atoms with Crippen molar-refractivity contribution in [2.45, 2.75) is 56.8 Å². The SMILES string of the molecule is CCCCC1CCC(C(=O)Nc2ccc(S(=O)(=O)N3CCN(c4cnccn4)CC3)cc2)CC1. The smallest absolute Gasteiger partial charge is 0.243 e. The van der Waals surface area contributed by atoms with Crippen LogP contribution in [-0.2, 0) is 14.8 Å². The molecule has 1 aliphatic carbocycles. The largest absolute Gasteiger partial charge is 0.353 e. The molecule has 0 atom stereocenters. The molecule has 1 N–H and O–H groups in total. The number of hydrogen-bond donors (Lipinski definition) is 1. The molecule has 9 heteroatoms. The number of carbonyl (C=O) groups is 1. The Morgan fingerprint density at radius 3 is 2.35 bits per heavy atom. The fraction of sp³-hybridized carbons (Fsp3) is 0.560. The molecule has 1 amide bonds. The average Bonchev–Trinajstić information content (AvgIpc) is 2.88. The summed E-state index contributed by atoms with van der Waals surface area (Å²) < 4.78 is 27.7. The van der Waals surface area contributed by atoms with Crippen LogP contribution in [0.1, 0.15) is 51.9 Å². The second kappa shape index (κ2) is 11.3. The van der Waals surface area contributed by atoms with E-state index >= 15 is 0 Å². The first-order valence-corrected chi connectivity index (χ1v) is 13.8. The second-order valence-corrected chi connectivity index (χ2v) is 11.3. The molecule has 8 nitrogen and oxygen atoms in total. The van der Waals surface area contributed by atoms with Crippen LogP contribution in [-0.4, -0.2) is 54.8 Å². The molecule has 0 unspecified atom stereocenters. The minimum atomic E-state index is -3.59. The number of piperazine rings is 1. The van der Waals surface area contributed by atoms with E-state index in [0.717, 1.165) is 37.4 Å². The first-order chi connectivity index (χ1) is 16.5. The number of unbranched alkanes of at least 4 members (excludes halogenated alkanes) is 1. The molecule has 1 aromatic heterocycles. The molecule has 2 aromatic rings. The van der Waals surface area contributed by atoms with Crippen LogP contribution in [0.2, 0.25) is 0 Å². The van der Waals surface area contributed by atoms with Gasteiger partial charge >= 0.3 is 0 Å². The first-order valence-electron chi connectivity index (χ1n) is 12.4. The van der Waals surface area contributed by atoms with Crippen molar-refractivity contribution in [2.24, 2.45) is 11.8 Å². The van der Waals surface area contributed by atoms with Crippen molar-refractivity contribution in [2.75, 3.05) is 36.4 Å². The molecule has 34 heavy (non-hydrogen) atoms. The molecule has 1 aromatic carbocycles. The number of nitrogens with zero attached hydrogens (tertiary/aromatic N) is 4. The summed E-state index contributed by atoms with van der Waals surface area (Å²) in [4.78, 5) is 23.4. The van der Waals surface area contributed by atoms with Gasteiger partial charge in [-0.05, 0) is 55.9 Å². The Morgan fingerprint density at radius 2 is 1.74 bits per heavy atom. The lowest BCUT2D eigenvalue weighted by Crippen LogP contribution is -2.48. The Kier molecular flexibility index (Phi) is 8.15. The molecule has 0 radical (unpaired) electrons. The molecule has 1 aliphatic heterocycles. The molecule has 0 spiro atoms. The van der Waals surface area contributed by atoms with Crippen molar-refractivity contribution in [1.29, 1.82) is 0 Å². The van der Waals surface area contributed by atoms with Gasteiger partial charge in [0.15, 0.2) is 0 Å². The van der Waals surface area contributed by atoms with Gasteiger partial charge in [0, 0.05) is 50.2 Å². The molecule has 2 heterocycles. The summed E-state index contributed by atoms with van der Waals surface area (Å²) in [5.74, 6) is 1.61. The maximum absolute atomic E-state index is 13.1. The highest BCUT2D eigenvalue weighted by molar-refractivity contribution is 7.89. The van der Waals surface area contributed by atoms with Crippen molar-refractivity contribution >= 4 is 27.4 Å². The summed E-state index contributed by atoms with van der Waals surface area (Å²) in [6.45, 7) is 4.12. The van der Waals surface area contributed by atoms with Crippen LogP contribution in [0.4, 0.5) is 11.5 Å². The van der Waals surface area contributed by atoms with Gasteiger partial charge in [-0.15, -0.1) is 0 Å². The zero-order valence-electron chi connectivity index (χ0n) is 19.9. The van der Waals surface area contributed by atoms with Crippen LogP contribution < -0.4 is 10.2 Å². The number of aromatic nitrogens is 2. The van der Waals surface area contributed by atoms with E-state index in [0.29, 0.717) is 31.9 Å². The summed E-state index contributed by atoms with van der Waals surface area (Å²) in [6, 6.07) is 6.55.